The molecule has 2 N–H and O–H groups in total. The van der Waals surface area contributed by atoms with E-state index in [1.54, 1.807) is 0 Å². The standard InChI is InChI=1S/C8H11ClN2/c1-2-6-3-7(5-10)11-8(9)4-6/h3-4H,2,5,10H2,1H3. The number of halogens is 1. The Bertz CT molecular complexity index is 226. The second kappa shape index (κ2) is 3.69. The maximum absolute atomic E-state index is 5.74. The molecule has 0 unspecified atom stereocenters. The highest BCUT2D eigenvalue weighted by atomic mass is 35.5. The lowest BCUT2D eigenvalue weighted by molar-refractivity contribution is 0.971. The quantitative estimate of drug-likeness (QED) is 0.687. The third-order valence-corrected chi connectivity index (χ3v) is 1.72. The highest BCUT2D eigenvalue weighted by Crippen LogP contribution is 2.10. The van der Waals surface area contributed by atoms with E-state index in [1.807, 2.05) is 12.1 Å². The minimum Gasteiger partial charge on any atom is -0.325 e. The lowest BCUT2D eigenvalue weighted by atomic mass is 10.2. The number of nitrogens with two attached hydrogens (primary N) is 1. The molecule has 0 saturated heterocycles. The number of aromatic nitrogens is 1. The largest absolute Gasteiger partial charge is 0.325 e. The molecule has 0 aliphatic carbocycles. The molecule has 0 saturated carbocycles. The number of pyridine rings is 1. The summed E-state index contributed by atoms with van der Waals surface area (Å²) in [5.74, 6) is 0. The molecule has 1 rings (SSSR count). The molecule has 0 spiro atoms. The highest BCUT2D eigenvalue weighted by Gasteiger charge is 1.97. The first kappa shape index (κ1) is 8.50. The molecular formula is C8H11ClN2. The summed E-state index contributed by atoms with van der Waals surface area (Å²) in [5, 5.41) is 0.532. The van der Waals surface area contributed by atoms with Gasteiger partial charge in [-0.25, -0.2) is 4.98 Å². The van der Waals surface area contributed by atoms with Crippen molar-refractivity contribution in [3.05, 3.63) is 28.5 Å². The second-order valence-corrected chi connectivity index (χ2v) is 2.73. The van der Waals surface area contributed by atoms with E-state index >= 15 is 0 Å². The molecule has 3 heteroatoms. The number of aryl methyl sites for hydroxylation is 1. The van der Waals surface area contributed by atoms with Crippen molar-refractivity contribution in [3.8, 4) is 0 Å². The lowest BCUT2D eigenvalue weighted by Gasteiger charge is -2.00. The van der Waals surface area contributed by atoms with Crippen LogP contribution in [0.1, 0.15) is 18.2 Å². The second-order valence-electron chi connectivity index (χ2n) is 2.35. The molecule has 0 fully saturated rings. The maximum atomic E-state index is 5.74. The Hall–Kier alpha value is -0.600. The highest BCUT2D eigenvalue weighted by molar-refractivity contribution is 6.29. The predicted molar refractivity (Wildman–Crippen MR) is 46.5 cm³/mol. The van der Waals surface area contributed by atoms with Crippen molar-refractivity contribution in [2.45, 2.75) is 19.9 Å². The minimum absolute atomic E-state index is 0.452. The molecule has 0 radical (unpaired) electrons. The van der Waals surface area contributed by atoms with Gasteiger partial charge in [0, 0.05) is 6.54 Å². The van der Waals surface area contributed by atoms with Crippen molar-refractivity contribution in [2.24, 2.45) is 5.73 Å². The Morgan fingerprint density at radius 2 is 2.27 bits per heavy atom. The van der Waals surface area contributed by atoms with Gasteiger partial charge in [0.2, 0.25) is 0 Å². The Labute approximate surface area is 71.4 Å². The summed E-state index contributed by atoms with van der Waals surface area (Å²) in [5.41, 5.74) is 7.46. The fraction of sp³-hybridized carbons (Fsp3) is 0.375. The van der Waals surface area contributed by atoms with Crippen molar-refractivity contribution >= 4 is 11.6 Å². The molecule has 0 aromatic carbocycles. The van der Waals surface area contributed by atoms with E-state index in [-0.39, 0.29) is 0 Å². The maximum Gasteiger partial charge on any atom is 0.129 e. The molecule has 2 nitrogen and oxygen atoms in total. The van der Waals surface area contributed by atoms with E-state index in [9.17, 15) is 0 Å². The molecule has 1 heterocycles. The molecular weight excluding hydrogens is 160 g/mol. The normalized spacial score (nSPS) is 10.1. The van der Waals surface area contributed by atoms with Gasteiger partial charge in [-0.3, -0.25) is 0 Å². The molecule has 0 atom stereocenters. The summed E-state index contributed by atoms with van der Waals surface area (Å²) in [6.07, 6.45) is 0.968. The molecule has 0 amide bonds. The number of nitrogens with zero attached hydrogens (tertiary/aromatic N) is 1. The van der Waals surface area contributed by atoms with Gasteiger partial charge in [0.25, 0.3) is 0 Å². The van der Waals surface area contributed by atoms with Crippen molar-refractivity contribution in [1.29, 1.82) is 0 Å². The van der Waals surface area contributed by atoms with Gasteiger partial charge in [0.15, 0.2) is 0 Å². The van der Waals surface area contributed by atoms with Crippen LogP contribution >= 0.6 is 11.6 Å². The Balaban J connectivity index is 3.02. The molecule has 0 aliphatic rings. The minimum atomic E-state index is 0.452. The predicted octanol–water partition coefficient (Wildman–Crippen LogP) is 1.76. The van der Waals surface area contributed by atoms with E-state index in [4.69, 9.17) is 17.3 Å². The van der Waals surface area contributed by atoms with Gasteiger partial charge in [-0.2, -0.15) is 0 Å². The third-order valence-electron chi connectivity index (χ3n) is 1.52. The van der Waals surface area contributed by atoms with Crippen LogP contribution in [-0.2, 0) is 13.0 Å². The van der Waals surface area contributed by atoms with Crippen LogP contribution in [0.25, 0.3) is 0 Å². The first-order valence-electron chi connectivity index (χ1n) is 3.61. The molecule has 0 bridgehead atoms. The van der Waals surface area contributed by atoms with E-state index in [0.717, 1.165) is 12.1 Å². The van der Waals surface area contributed by atoms with Gasteiger partial charge in [-0.05, 0) is 24.1 Å². The average Bonchev–Trinajstić information content (AvgIpc) is 2.03. The Morgan fingerprint density at radius 1 is 1.55 bits per heavy atom. The number of rotatable bonds is 2. The van der Waals surface area contributed by atoms with Gasteiger partial charge in [0.1, 0.15) is 5.15 Å². The molecule has 0 aliphatic heterocycles. The van der Waals surface area contributed by atoms with E-state index in [1.165, 1.54) is 5.56 Å². The van der Waals surface area contributed by atoms with Crippen LogP contribution in [0.4, 0.5) is 0 Å². The van der Waals surface area contributed by atoms with Crippen LogP contribution in [-0.4, -0.2) is 4.98 Å². The molecule has 1 aromatic heterocycles. The number of hydrogen-bond acceptors (Lipinski definition) is 2. The summed E-state index contributed by atoms with van der Waals surface area (Å²) in [6, 6.07) is 3.84. The van der Waals surface area contributed by atoms with Crippen molar-refractivity contribution in [3.63, 3.8) is 0 Å². The van der Waals surface area contributed by atoms with Crippen LogP contribution in [0.5, 0.6) is 0 Å². The van der Waals surface area contributed by atoms with Crippen molar-refractivity contribution in [1.82, 2.24) is 4.98 Å². The average molecular weight is 171 g/mol. The summed E-state index contributed by atoms with van der Waals surface area (Å²) >= 11 is 5.74. The first-order chi connectivity index (χ1) is 5.26. The van der Waals surface area contributed by atoms with Crippen LogP contribution in [0, 0.1) is 0 Å². The smallest absolute Gasteiger partial charge is 0.129 e. The molecule has 11 heavy (non-hydrogen) atoms. The fourth-order valence-electron chi connectivity index (χ4n) is 0.919. The van der Waals surface area contributed by atoms with Crippen molar-refractivity contribution < 1.29 is 0 Å². The Morgan fingerprint density at radius 3 is 2.82 bits per heavy atom. The zero-order chi connectivity index (χ0) is 8.27. The monoisotopic (exact) mass is 170 g/mol. The third kappa shape index (κ3) is 2.17. The topological polar surface area (TPSA) is 38.9 Å². The van der Waals surface area contributed by atoms with Crippen LogP contribution in [0.3, 0.4) is 0 Å². The summed E-state index contributed by atoms with van der Waals surface area (Å²) < 4.78 is 0. The summed E-state index contributed by atoms with van der Waals surface area (Å²) in [6.45, 7) is 2.53. The van der Waals surface area contributed by atoms with Crippen molar-refractivity contribution in [2.75, 3.05) is 0 Å². The van der Waals surface area contributed by atoms with Crippen LogP contribution in [0.2, 0.25) is 5.15 Å². The summed E-state index contributed by atoms with van der Waals surface area (Å²) in [4.78, 5) is 4.04. The first-order valence-corrected chi connectivity index (χ1v) is 3.99. The number of hydrogen-bond donors (Lipinski definition) is 1. The lowest BCUT2D eigenvalue weighted by Crippen LogP contribution is -2.00. The van der Waals surface area contributed by atoms with Gasteiger partial charge in [-0.1, -0.05) is 18.5 Å². The Kier molecular flexibility index (Phi) is 2.85. The van der Waals surface area contributed by atoms with Gasteiger partial charge in [0.05, 0.1) is 5.69 Å². The summed E-state index contributed by atoms with van der Waals surface area (Å²) in [7, 11) is 0. The zero-order valence-corrected chi connectivity index (χ0v) is 7.23. The van der Waals surface area contributed by atoms with E-state index in [0.29, 0.717) is 11.7 Å². The van der Waals surface area contributed by atoms with Gasteiger partial charge < -0.3 is 5.73 Å². The SMILES string of the molecule is CCc1cc(Cl)nc(CN)c1. The zero-order valence-electron chi connectivity index (χ0n) is 6.47. The molecule has 1 aromatic rings. The van der Waals surface area contributed by atoms with Gasteiger partial charge in [-0.15, -0.1) is 0 Å². The van der Waals surface area contributed by atoms with E-state index in [2.05, 4.69) is 11.9 Å². The van der Waals surface area contributed by atoms with Crippen LogP contribution < -0.4 is 5.73 Å². The van der Waals surface area contributed by atoms with Gasteiger partial charge >= 0.3 is 0 Å². The fourth-order valence-corrected chi connectivity index (χ4v) is 1.17. The van der Waals surface area contributed by atoms with E-state index < -0.39 is 0 Å². The molecule has 60 valence electrons. The van der Waals surface area contributed by atoms with Crippen LogP contribution in [0.15, 0.2) is 12.1 Å².